The molecular formula is C41H34O4. The minimum absolute atomic E-state index is 0.306. The van der Waals surface area contributed by atoms with Gasteiger partial charge in [-0.2, -0.15) is 0 Å². The number of fused-ring (bicyclic) bond motifs is 10. The van der Waals surface area contributed by atoms with Crippen molar-refractivity contribution in [3.63, 3.8) is 0 Å². The van der Waals surface area contributed by atoms with E-state index in [0.717, 1.165) is 55.8 Å². The second kappa shape index (κ2) is 9.90. The summed E-state index contributed by atoms with van der Waals surface area (Å²) in [6, 6.07) is 35.7. The van der Waals surface area contributed by atoms with Gasteiger partial charge in [-0.1, -0.05) is 80.6 Å². The minimum atomic E-state index is -0.847. The van der Waals surface area contributed by atoms with Gasteiger partial charge in [0.05, 0.1) is 21.3 Å². The van der Waals surface area contributed by atoms with Crippen molar-refractivity contribution in [1.82, 2.24) is 0 Å². The second-order valence-corrected chi connectivity index (χ2v) is 12.3. The molecular weight excluding hydrogens is 556 g/mol. The highest BCUT2D eigenvalue weighted by Crippen LogP contribution is 2.60. The van der Waals surface area contributed by atoms with E-state index >= 15 is 0 Å². The summed E-state index contributed by atoms with van der Waals surface area (Å²) < 4.78 is 24.7. The zero-order valence-corrected chi connectivity index (χ0v) is 26.1. The van der Waals surface area contributed by atoms with Crippen molar-refractivity contribution in [2.45, 2.75) is 24.9 Å². The molecule has 0 N–H and O–H groups in total. The zero-order valence-electron chi connectivity index (χ0n) is 26.1. The van der Waals surface area contributed by atoms with Gasteiger partial charge in [-0.15, -0.1) is 0 Å². The van der Waals surface area contributed by atoms with E-state index in [1.165, 1.54) is 27.6 Å². The Morgan fingerprint density at radius 3 is 1.96 bits per heavy atom. The average Bonchev–Trinajstić information content (AvgIpc) is 3.34. The SMILES string of the molecule is COc1ccc(C2(c3ccccc3)C=Cc3c4c(c5cc(OC)ccc5c3O2)C(C)(C)c2cc(OC)c3ccccc3c2-4)cc1. The van der Waals surface area contributed by atoms with Crippen molar-refractivity contribution in [1.29, 1.82) is 0 Å². The first-order valence-electron chi connectivity index (χ1n) is 15.3. The number of ether oxygens (including phenoxy) is 4. The molecule has 1 aliphatic heterocycles. The molecule has 1 aliphatic carbocycles. The predicted octanol–water partition coefficient (Wildman–Crippen LogP) is 9.67. The summed E-state index contributed by atoms with van der Waals surface area (Å²) in [4.78, 5) is 0. The van der Waals surface area contributed by atoms with Gasteiger partial charge in [0.2, 0.25) is 0 Å². The van der Waals surface area contributed by atoms with Crippen LogP contribution in [0.1, 0.15) is 41.7 Å². The third-order valence-electron chi connectivity index (χ3n) is 9.75. The number of hydrogen-bond acceptors (Lipinski definition) is 4. The van der Waals surface area contributed by atoms with Crippen molar-refractivity contribution in [2.75, 3.05) is 21.3 Å². The summed E-state index contributed by atoms with van der Waals surface area (Å²) in [5, 5.41) is 4.45. The lowest BCUT2D eigenvalue weighted by Gasteiger charge is -2.38. The van der Waals surface area contributed by atoms with Crippen LogP contribution in [0.4, 0.5) is 0 Å². The summed E-state index contributed by atoms with van der Waals surface area (Å²) >= 11 is 0. The fraction of sp³-hybridized carbons (Fsp3) is 0.171. The van der Waals surface area contributed by atoms with E-state index in [0.29, 0.717) is 0 Å². The molecule has 222 valence electrons. The molecule has 1 heterocycles. The highest BCUT2D eigenvalue weighted by molar-refractivity contribution is 6.13. The van der Waals surface area contributed by atoms with Gasteiger partial charge in [0.25, 0.3) is 0 Å². The van der Waals surface area contributed by atoms with Gasteiger partial charge in [0.15, 0.2) is 5.60 Å². The number of methoxy groups -OCH3 is 3. The molecule has 0 saturated heterocycles. The quantitative estimate of drug-likeness (QED) is 0.200. The van der Waals surface area contributed by atoms with Crippen molar-refractivity contribution in [3.05, 3.63) is 137 Å². The van der Waals surface area contributed by atoms with Crippen LogP contribution in [0.15, 0.2) is 109 Å². The van der Waals surface area contributed by atoms with Gasteiger partial charge in [0.1, 0.15) is 23.0 Å². The summed E-state index contributed by atoms with van der Waals surface area (Å²) in [5.74, 6) is 3.36. The molecule has 8 rings (SSSR count). The van der Waals surface area contributed by atoms with Crippen LogP contribution in [0.5, 0.6) is 23.0 Å². The zero-order chi connectivity index (χ0) is 30.9. The number of benzene rings is 6. The molecule has 0 fully saturated rings. The Morgan fingerprint density at radius 2 is 1.24 bits per heavy atom. The van der Waals surface area contributed by atoms with E-state index in [1.807, 2.05) is 24.3 Å². The fourth-order valence-corrected chi connectivity index (χ4v) is 7.57. The van der Waals surface area contributed by atoms with Crippen LogP contribution >= 0.6 is 0 Å². The Balaban J connectivity index is 1.50. The van der Waals surface area contributed by atoms with Gasteiger partial charge < -0.3 is 18.9 Å². The number of hydrogen-bond donors (Lipinski definition) is 0. The Kier molecular flexibility index (Phi) is 6.01. The largest absolute Gasteiger partial charge is 0.497 e. The van der Waals surface area contributed by atoms with Gasteiger partial charge in [-0.3, -0.25) is 0 Å². The molecule has 0 bridgehead atoms. The van der Waals surface area contributed by atoms with E-state index in [4.69, 9.17) is 18.9 Å². The first-order valence-corrected chi connectivity index (χ1v) is 15.3. The smallest absolute Gasteiger partial charge is 0.178 e. The standard InChI is InChI=1S/C41H34O4/c1-40(2)34-24-35(44-5)29-13-9-10-14-30(29)36(34)37-32-21-22-41(25-11-7-6-8-12-25,26-15-17-27(42-3)18-16-26)45-39(32)31-20-19-28(43-4)23-33(31)38(37)40/h6-24H,1-5H3. The maximum Gasteiger partial charge on any atom is 0.178 e. The highest BCUT2D eigenvalue weighted by Gasteiger charge is 2.44. The summed E-state index contributed by atoms with van der Waals surface area (Å²) in [6.07, 6.45) is 4.50. The van der Waals surface area contributed by atoms with E-state index in [2.05, 4.69) is 105 Å². The van der Waals surface area contributed by atoms with Crippen molar-refractivity contribution in [3.8, 4) is 34.1 Å². The van der Waals surface area contributed by atoms with E-state index in [9.17, 15) is 0 Å². The molecule has 1 unspecified atom stereocenters. The average molecular weight is 591 g/mol. The maximum absolute atomic E-state index is 7.42. The molecule has 0 spiro atoms. The van der Waals surface area contributed by atoms with Crippen LogP contribution in [0.25, 0.3) is 38.7 Å². The summed E-state index contributed by atoms with van der Waals surface area (Å²) in [6.45, 7) is 4.63. The molecule has 45 heavy (non-hydrogen) atoms. The van der Waals surface area contributed by atoms with Gasteiger partial charge in [-0.25, -0.2) is 0 Å². The molecule has 0 amide bonds. The maximum atomic E-state index is 7.42. The van der Waals surface area contributed by atoms with Crippen molar-refractivity contribution >= 4 is 27.6 Å². The molecule has 6 aromatic rings. The Morgan fingerprint density at radius 1 is 0.578 bits per heavy atom. The van der Waals surface area contributed by atoms with Gasteiger partial charge in [0, 0.05) is 32.9 Å². The van der Waals surface area contributed by atoms with Crippen LogP contribution < -0.4 is 18.9 Å². The molecule has 6 aromatic carbocycles. The van der Waals surface area contributed by atoms with Crippen LogP contribution in [0.3, 0.4) is 0 Å². The summed E-state index contributed by atoms with van der Waals surface area (Å²) in [5.41, 5.74) is 6.96. The highest BCUT2D eigenvalue weighted by atomic mass is 16.5. The van der Waals surface area contributed by atoms with Gasteiger partial charge in [-0.05, 0) is 81.6 Å². The molecule has 4 nitrogen and oxygen atoms in total. The normalized spacial score (nSPS) is 17.4. The lowest BCUT2D eigenvalue weighted by atomic mass is 9.78. The predicted molar refractivity (Wildman–Crippen MR) is 182 cm³/mol. The van der Waals surface area contributed by atoms with Crippen LogP contribution in [0, 0.1) is 0 Å². The summed E-state index contributed by atoms with van der Waals surface area (Å²) in [7, 11) is 5.17. The molecule has 0 aromatic heterocycles. The molecule has 0 radical (unpaired) electrons. The van der Waals surface area contributed by atoms with Crippen LogP contribution in [-0.2, 0) is 11.0 Å². The third-order valence-corrected chi connectivity index (χ3v) is 9.75. The first-order chi connectivity index (χ1) is 21.9. The monoisotopic (exact) mass is 590 g/mol. The fourth-order valence-electron chi connectivity index (χ4n) is 7.57. The first kappa shape index (κ1) is 27.3. The Labute approximate surface area is 263 Å². The lowest BCUT2D eigenvalue weighted by Crippen LogP contribution is -2.34. The topological polar surface area (TPSA) is 36.9 Å². The van der Waals surface area contributed by atoms with Crippen molar-refractivity contribution in [2.24, 2.45) is 0 Å². The van der Waals surface area contributed by atoms with Crippen LogP contribution in [0.2, 0.25) is 0 Å². The number of rotatable bonds is 5. The minimum Gasteiger partial charge on any atom is -0.497 e. The molecule has 1 atom stereocenters. The third kappa shape index (κ3) is 3.78. The Bertz CT molecular complexity index is 2160. The lowest BCUT2D eigenvalue weighted by molar-refractivity contribution is 0.163. The molecule has 4 heteroatoms. The van der Waals surface area contributed by atoms with Gasteiger partial charge >= 0.3 is 0 Å². The second-order valence-electron chi connectivity index (χ2n) is 12.3. The van der Waals surface area contributed by atoms with E-state index < -0.39 is 5.60 Å². The van der Waals surface area contributed by atoms with E-state index in [1.54, 1.807) is 21.3 Å². The van der Waals surface area contributed by atoms with E-state index in [-0.39, 0.29) is 5.41 Å². The Hall–Kier alpha value is -5.22. The molecule has 0 saturated carbocycles. The molecule has 2 aliphatic rings. The van der Waals surface area contributed by atoms with Crippen molar-refractivity contribution < 1.29 is 18.9 Å². The van der Waals surface area contributed by atoms with Crippen LogP contribution in [-0.4, -0.2) is 21.3 Å².